The van der Waals surface area contributed by atoms with Gasteiger partial charge in [-0.1, -0.05) is 28.1 Å². The van der Waals surface area contributed by atoms with Gasteiger partial charge >= 0.3 is 12.1 Å². The largest absolute Gasteiger partial charge is 0.468 e. The highest BCUT2D eigenvalue weighted by molar-refractivity contribution is 9.10. The van der Waals surface area contributed by atoms with Crippen molar-refractivity contribution in [2.24, 2.45) is 0 Å². The Hall–Kier alpha value is -0.730. The second-order valence-corrected chi connectivity index (χ2v) is 6.63. The number of rotatable bonds is 2. The molecule has 1 saturated heterocycles. The second kappa shape index (κ2) is 6.18. The van der Waals surface area contributed by atoms with E-state index in [2.05, 4.69) is 20.7 Å². The van der Waals surface area contributed by atoms with E-state index in [-0.39, 0.29) is 17.9 Å². The lowest BCUT2D eigenvalue weighted by Crippen LogP contribution is -2.57. The molecule has 0 unspecified atom stereocenters. The topological polar surface area (TPSA) is 35.5 Å². The number of ether oxygens (including phenoxy) is 2. The lowest BCUT2D eigenvalue weighted by atomic mass is 9.93. The molecule has 1 aromatic rings. The van der Waals surface area contributed by atoms with E-state index in [0.717, 1.165) is 11.6 Å². The van der Waals surface area contributed by atoms with E-state index in [9.17, 15) is 18.0 Å². The van der Waals surface area contributed by atoms with Crippen LogP contribution in [0.25, 0.3) is 0 Å². The Morgan fingerprint density at radius 1 is 1.43 bits per heavy atom. The molecule has 1 fully saturated rings. The van der Waals surface area contributed by atoms with Gasteiger partial charge in [0.1, 0.15) is 6.10 Å². The van der Waals surface area contributed by atoms with Crippen molar-refractivity contribution in [1.82, 2.24) is 0 Å². The van der Waals surface area contributed by atoms with Gasteiger partial charge in [0.15, 0.2) is 0 Å². The van der Waals surface area contributed by atoms with Crippen LogP contribution in [0, 0.1) is 0 Å². The summed E-state index contributed by atoms with van der Waals surface area (Å²) in [5.41, 5.74) is 0.285. The van der Waals surface area contributed by atoms with Gasteiger partial charge < -0.3 is 9.47 Å². The van der Waals surface area contributed by atoms with Gasteiger partial charge in [-0.3, -0.25) is 4.79 Å². The average molecular weight is 385 g/mol. The molecular weight excluding hydrogens is 373 g/mol. The molecule has 21 heavy (non-hydrogen) atoms. The van der Waals surface area contributed by atoms with E-state index >= 15 is 0 Å². The Balaban J connectivity index is 2.53. The standard InChI is InChI=1S/C13H12BrF3O3S/c1-19-11(18)12(13(15,16)17)10(20-6-7-21-12)8-2-4-9(14)5-3-8/h2-5,10H,6-7H2,1H3/t10-,12+/m1/s1. The third-order valence-electron chi connectivity index (χ3n) is 3.15. The number of hydrogen-bond donors (Lipinski definition) is 0. The van der Waals surface area contributed by atoms with E-state index in [1.54, 1.807) is 12.1 Å². The van der Waals surface area contributed by atoms with Crippen LogP contribution in [0.2, 0.25) is 0 Å². The molecule has 1 aliphatic rings. The first-order chi connectivity index (χ1) is 9.83. The zero-order valence-corrected chi connectivity index (χ0v) is 13.3. The van der Waals surface area contributed by atoms with Crippen molar-refractivity contribution in [1.29, 1.82) is 0 Å². The summed E-state index contributed by atoms with van der Waals surface area (Å²) >= 11 is 3.74. The Morgan fingerprint density at radius 2 is 2.05 bits per heavy atom. The quantitative estimate of drug-likeness (QED) is 0.727. The van der Waals surface area contributed by atoms with Crippen molar-refractivity contribution in [3.63, 3.8) is 0 Å². The maximum atomic E-state index is 13.6. The van der Waals surface area contributed by atoms with Crippen LogP contribution >= 0.6 is 27.7 Å². The van der Waals surface area contributed by atoms with Crippen LogP contribution in [0.1, 0.15) is 11.7 Å². The molecular formula is C13H12BrF3O3S. The van der Waals surface area contributed by atoms with Crippen molar-refractivity contribution in [2.45, 2.75) is 17.0 Å². The molecule has 0 N–H and O–H groups in total. The van der Waals surface area contributed by atoms with Crippen molar-refractivity contribution < 1.29 is 27.4 Å². The van der Waals surface area contributed by atoms with Gasteiger partial charge in [0.2, 0.25) is 4.75 Å². The number of hydrogen-bond acceptors (Lipinski definition) is 4. The summed E-state index contributed by atoms with van der Waals surface area (Å²) in [4.78, 5) is 11.9. The molecule has 2 atom stereocenters. The minimum Gasteiger partial charge on any atom is -0.468 e. The first-order valence-corrected chi connectivity index (χ1v) is 7.77. The Bertz CT molecular complexity index is 520. The second-order valence-electron chi connectivity index (χ2n) is 4.38. The van der Waals surface area contributed by atoms with Crippen molar-refractivity contribution in [2.75, 3.05) is 19.5 Å². The van der Waals surface area contributed by atoms with E-state index < -0.39 is 23.0 Å². The van der Waals surface area contributed by atoms with Crippen LogP contribution in [0.15, 0.2) is 28.7 Å². The molecule has 0 aromatic heterocycles. The van der Waals surface area contributed by atoms with Crippen LogP contribution in [0.3, 0.4) is 0 Å². The summed E-state index contributed by atoms with van der Waals surface area (Å²) < 4.78 is 48.6. The summed E-state index contributed by atoms with van der Waals surface area (Å²) in [6.07, 6.45) is -6.22. The van der Waals surface area contributed by atoms with Gasteiger partial charge in [0.25, 0.3) is 0 Å². The minimum atomic E-state index is -4.79. The van der Waals surface area contributed by atoms with E-state index in [0.29, 0.717) is 11.8 Å². The predicted molar refractivity (Wildman–Crippen MR) is 76.1 cm³/mol. The fraction of sp³-hybridized carbons (Fsp3) is 0.462. The number of carbonyl (C=O) groups excluding carboxylic acids is 1. The molecule has 0 spiro atoms. The number of benzene rings is 1. The lowest BCUT2D eigenvalue weighted by molar-refractivity contribution is -0.208. The summed E-state index contributed by atoms with van der Waals surface area (Å²) in [6.45, 7) is 0.139. The summed E-state index contributed by atoms with van der Waals surface area (Å²) in [5.74, 6) is -1.27. The number of halogens is 4. The first-order valence-electron chi connectivity index (χ1n) is 5.99. The smallest absolute Gasteiger partial charge is 0.416 e. The van der Waals surface area contributed by atoms with Crippen LogP contribution in [0.4, 0.5) is 13.2 Å². The normalized spacial score (nSPS) is 26.4. The molecule has 116 valence electrons. The molecule has 3 nitrogen and oxygen atoms in total. The fourth-order valence-corrected chi connectivity index (χ4v) is 3.68. The van der Waals surface area contributed by atoms with Gasteiger partial charge in [-0.15, -0.1) is 11.8 Å². The van der Waals surface area contributed by atoms with Crippen molar-refractivity contribution in [3.8, 4) is 0 Å². The molecule has 0 aliphatic carbocycles. The van der Waals surface area contributed by atoms with Crippen LogP contribution < -0.4 is 0 Å². The highest BCUT2D eigenvalue weighted by Crippen LogP contribution is 2.54. The number of esters is 1. The SMILES string of the molecule is COC(=O)[C@@]1(C(F)(F)F)SCCO[C@@H]1c1ccc(Br)cc1. The number of alkyl halides is 3. The zero-order chi connectivity index (χ0) is 15.7. The van der Waals surface area contributed by atoms with Crippen LogP contribution in [0.5, 0.6) is 0 Å². The first kappa shape index (κ1) is 16.6. The molecule has 0 radical (unpaired) electrons. The number of methoxy groups -OCH3 is 1. The van der Waals surface area contributed by atoms with E-state index in [4.69, 9.17) is 4.74 Å². The minimum absolute atomic E-state index is 0.0711. The predicted octanol–water partition coefficient (Wildman–Crippen LogP) is 3.73. The summed E-state index contributed by atoms with van der Waals surface area (Å²) in [5, 5.41) is 0. The van der Waals surface area contributed by atoms with Gasteiger partial charge in [0.05, 0.1) is 13.7 Å². The van der Waals surface area contributed by atoms with Gasteiger partial charge in [0, 0.05) is 10.2 Å². The van der Waals surface area contributed by atoms with Gasteiger partial charge in [-0.2, -0.15) is 13.2 Å². The lowest BCUT2D eigenvalue weighted by Gasteiger charge is -2.41. The van der Waals surface area contributed by atoms with Crippen LogP contribution in [-0.4, -0.2) is 36.4 Å². The summed E-state index contributed by atoms with van der Waals surface area (Å²) in [6, 6.07) is 6.22. The average Bonchev–Trinajstić information content (AvgIpc) is 2.46. The Kier molecular flexibility index (Phi) is 4.89. The Labute approximate surface area is 132 Å². The third kappa shape index (κ3) is 2.93. The fourth-order valence-electron chi connectivity index (χ4n) is 2.19. The molecule has 1 aliphatic heterocycles. The maximum absolute atomic E-state index is 13.6. The molecule has 1 aromatic carbocycles. The molecule has 0 saturated carbocycles. The van der Waals surface area contributed by atoms with E-state index in [1.165, 1.54) is 12.1 Å². The van der Waals surface area contributed by atoms with E-state index in [1.807, 2.05) is 0 Å². The molecule has 0 bridgehead atoms. The van der Waals surface area contributed by atoms with Gasteiger partial charge in [-0.25, -0.2) is 0 Å². The molecule has 8 heteroatoms. The highest BCUT2D eigenvalue weighted by Gasteiger charge is 2.68. The third-order valence-corrected chi connectivity index (χ3v) is 5.12. The zero-order valence-electron chi connectivity index (χ0n) is 10.9. The molecule has 1 heterocycles. The monoisotopic (exact) mass is 384 g/mol. The number of thioether (sulfide) groups is 1. The van der Waals surface area contributed by atoms with Crippen LogP contribution in [-0.2, 0) is 14.3 Å². The highest BCUT2D eigenvalue weighted by atomic mass is 79.9. The molecule has 2 rings (SSSR count). The number of carbonyl (C=O) groups is 1. The van der Waals surface area contributed by atoms with Crippen molar-refractivity contribution in [3.05, 3.63) is 34.3 Å². The maximum Gasteiger partial charge on any atom is 0.416 e. The summed E-state index contributed by atoms with van der Waals surface area (Å²) in [7, 11) is 0.948. The molecule has 0 amide bonds. The van der Waals surface area contributed by atoms with Gasteiger partial charge in [-0.05, 0) is 17.7 Å². The van der Waals surface area contributed by atoms with Crippen molar-refractivity contribution >= 4 is 33.7 Å². The Morgan fingerprint density at radius 3 is 2.57 bits per heavy atom.